The molecule has 0 bridgehead atoms. The van der Waals surface area contributed by atoms with Crippen molar-refractivity contribution in [1.82, 2.24) is 26.2 Å². The Morgan fingerprint density at radius 3 is 2.52 bits per heavy atom. The van der Waals surface area contributed by atoms with Crippen LogP contribution in [0.2, 0.25) is 0 Å². The molecule has 2 saturated heterocycles. The number of nitrogens with one attached hydrogen (secondary N) is 4. The molecule has 0 spiro atoms. The van der Waals surface area contributed by atoms with Crippen LogP contribution in [0.3, 0.4) is 0 Å². The maximum Gasteiger partial charge on any atom is 0.408 e. The van der Waals surface area contributed by atoms with Gasteiger partial charge in [-0.1, -0.05) is 19.9 Å². The Bertz CT molecular complexity index is 1080. The molecule has 4 N–H and O–H groups in total. The Morgan fingerprint density at radius 2 is 1.86 bits per heavy atom. The molecule has 1 unspecified atom stereocenters. The molecule has 5 amide bonds. The molecule has 2 aliphatic heterocycles. The SMILES string of the molecule is C=CCNC(=O)C(=O)[C@@H]1CCCCNC(=O)OCCC[C@H](NC(=O)OC(C)(C)C)C(=O)N2C[C@H]3C([C@H]2C(=O)N1)C3(C)C. The average Bonchev–Trinajstić information content (AvgIpc) is 3.22. The molecular weight excluding hydrogens is 546 g/mol. The van der Waals surface area contributed by atoms with Crippen LogP contribution in [-0.2, 0) is 28.7 Å². The zero-order chi connectivity index (χ0) is 31.2. The van der Waals surface area contributed by atoms with Crippen molar-refractivity contribution in [1.29, 1.82) is 0 Å². The molecule has 0 radical (unpaired) electrons. The van der Waals surface area contributed by atoms with Crippen molar-refractivity contribution in [3.63, 3.8) is 0 Å². The number of hydrogen-bond acceptors (Lipinski definition) is 8. The first-order valence-corrected chi connectivity index (χ1v) is 14.6. The van der Waals surface area contributed by atoms with Crippen LogP contribution in [0.25, 0.3) is 0 Å². The summed E-state index contributed by atoms with van der Waals surface area (Å²) in [5.74, 6) is -2.73. The molecule has 13 heteroatoms. The van der Waals surface area contributed by atoms with Gasteiger partial charge in [0.05, 0.1) is 12.6 Å². The minimum atomic E-state index is -1.13. The first-order chi connectivity index (χ1) is 19.7. The molecule has 2 heterocycles. The summed E-state index contributed by atoms with van der Waals surface area (Å²) >= 11 is 0. The molecule has 42 heavy (non-hydrogen) atoms. The van der Waals surface area contributed by atoms with Crippen LogP contribution in [0.4, 0.5) is 9.59 Å². The van der Waals surface area contributed by atoms with E-state index in [9.17, 15) is 28.8 Å². The molecule has 0 aromatic rings. The maximum atomic E-state index is 13.9. The molecule has 1 aliphatic carbocycles. The number of ketones is 1. The van der Waals surface area contributed by atoms with Crippen LogP contribution in [0, 0.1) is 17.3 Å². The number of amides is 5. The number of alkyl carbamates (subject to hydrolysis) is 2. The number of nitrogens with zero attached hydrogens (tertiary/aromatic N) is 1. The van der Waals surface area contributed by atoms with Gasteiger partial charge in [-0.3, -0.25) is 19.2 Å². The summed E-state index contributed by atoms with van der Waals surface area (Å²) in [5, 5.41) is 10.5. The van der Waals surface area contributed by atoms with Crippen molar-refractivity contribution in [3.05, 3.63) is 12.7 Å². The fourth-order valence-electron chi connectivity index (χ4n) is 5.82. The van der Waals surface area contributed by atoms with E-state index in [0.29, 0.717) is 19.4 Å². The first-order valence-electron chi connectivity index (χ1n) is 14.6. The van der Waals surface area contributed by atoms with Gasteiger partial charge in [0, 0.05) is 19.6 Å². The molecule has 3 aliphatic rings. The van der Waals surface area contributed by atoms with Crippen molar-refractivity contribution in [3.8, 4) is 0 Å². The fraction of sp³-hybridized carbons (Fsp3) is 0.724. The van der Waals surface area contributed by atoms with Crippen molar-refractivity contribution in [2.45, 2.75) is 90.4 Å². The Morgan fingerprint density at radius 1 is 1.14 bits per heavy atom. The highest BCUT2D eigenvalue weighted by atomic mass is 16.6. The summed E-state index contributed by atoms with van der Waals surface area (Å²) in [5.41, 5.74) is -1.00. The predicted octanol–water partition coefficient (Wildman–Crippen LogP) is 1.41. The summed E-state index contributed by atoms with van der Waals surface area (Å²) in [6.45, 7) is 13.4. The minimum Gasteiger partial charge on any atom is -0.450 e. The molecule has 5 atom stereocenters. The van der Waals surface area contributed by atoms with Crippen LogP contribution in [0.5, 0.6) is 0 Å². The van der Waals surface area contributed by atoms with Crippen LogP contribution in [0.15, 0.2) is 12.7 Å². The number of ether oxygens (including phenoxy) is 2. The number of carbonyl (C=O) groups excluding carboxylic acids is 6. The summed E-state index contributed by atoms with van der Waals surface area (Å²) in [6, 6.07) is -3.05. The van der Waals surface area contributed by atoms with E-state index in [1.807, 2.05) is 13.8 Å². The number of fused-ring (bicyclic) bond motifs is 3. The van der Waals surface area contributed by atoms with Crippen LogP contribution < -0.4 is 21.3 Å². The summed E-state index contributed by atoms with van der Waals surface area (Å²) < 4.78 is 10.6. The Balaban J connectivity index is 1.89. The largest absolute Gasteiger partial charge is 0.450 e. The van der Waals surface area contributed by atoms with Gasteiger partial charge in [0.1, 0.15) is 17.7 Å². The van der Waals surface area contributed by atoms with Crippen molar-refractivity contribution in [2.75, 3.05) is 26.2 Å². The standard InChI is InChI=1S/C29H45N5O8/c1-7-13-30-24(37)22(35)18-11-8-9-14-31-26(39)41-15-10-12-19(33-27(40)42-28(2,3)4)25(38)34-16-17-20(29(17,5)6)21(34)23(36)32-18/h7,17-21H,1,8-16H2,2-6H3,(H,30,37)(H,31,39)(H,32,36)(H,33,40)/t17-,18-,19-,20?,21-/m0/s1. The fourth-order valence-corrected chi connectivity index (χ4v) is 5.82. The van der Waals surface area contributed by atoms with E-state index in [1.54, 1.807) is 20.8 Å². The van der Waals surface area contributed by atoms with Gasteiger partial charge in [-0.2, -0.15) is 0 Å². The van der Waals surface area contributed by atoms with E-state index < -0.39 is 59.4 Å². The van der Waals surface area contributed by atoms with Gasteiger partial charge in [0.25, 0.3) is 5.91 Å². The lowest BCUT2D eigenvalue weighted by atomic mass is 9.98. The van der Waals surface area contributed by atoms with E-state index in [1.165, 1.54) is 11.0 Å². The third kappa shape index (κ3) is 8.22. The van der Waals surface area contributed by atoms with E-state index >= 15 is 0 Å². The topological polar surface area (TPSA) is 172 Å². The Hall–Kier alpha value is -3.64. The molecule has 234 valence electrons. The van der Waals surface area contributed by atoms with Crippen LogP contribution >= 0.6 is 0 Å². The predicted molar refractivity (Wildman–Crippen MR) is 152 cm³/mol. The summed E-state index contributed by atoms with van der Waals surface area (Å²) in [7, 11) is 0. The number of cyclic esters (lactones) is 1. The average molecular weight is 592 g/mol. The quantitative estimate of drug-likeness (QED) is 0.274. The van der Waals surface area contributed by atoms with Gasteiger partial charge >= 0.3 is 12.2 Å². The second kappa shape index (κ2) is 13.6. The van der Waals surface area contributed by atoms with Crippen molar-refractivity contribution >= 4 is 35.7 Å². The highest BCUT2D eigenvalue weighted by Gasteiger charge is 2.69. The summed E-state index contributed by atoms with van der Waals surface area (Å²) in [6.07, 6.45) is 1.51. The van der Waals surface area contributed by atoms with Crippen molar-refractivity contribution < 1.29 is 38.2 Å². The number of rotatable bonds is 5. The van der Waals surface area contributed by atoms with E-state index in [4.69, 9.17) is 9.47 Å². The van der Waals surface area contributed by atoms with Crippen molar-refractivity contribution in [2.24, 2.45) is 17.3 Å². The molecular formula is C29H45N5O8. The minimum absolute atomic E-state index is 0.0181. The first kappa shape index (κ1) is 32.9. The lowest BCUT2D eigenvalue weighted by Crippen LogP contribution is -2.58. The number of Topliss-reactive ketones (excluding diaryl/α,β-unsaturated/α-hetero) is 1. The van der Waals surface area contributed by atoms with Crippen LogP contribution in [0.1, 0.15) is 66.7 Å². The Kier molecular flexibility index (Phi) is 10.6. The highest BCUT2D eigenvalue weighted by Crippen LogP contribution is 2.64. The van der Waals surface area contributed by atoms with Crippen LogP contribution in [-0.4, -0.2) is 90.6 Å². The van der Waals surface area contributed by atoms with Gasteiger partial charge in [-0.05, 0) is 70.1 Å². The molecule has 1 saturated carbocycles. The summed E-state index contributed by atoms with van der Waals surface area (Å²) in [4.78, 5) is 79.5. The second-order valence-corrected chi connectivity index (χ2v) is 12.7. The smallest absolute Gasteiger partial charge is 0.408 e. The van der Waals surface area contributed by atoms with Gasteiger partial charge < -0.3 is 35.6 Å². The molecule has 0 aromatic heterocycles. The second-order valence-electron chi connectivity index (χ2n) is 12.7. The van der Waals surface area contributed by atoms with Gasteiger partial charge in [-0.15, -0.1) is 6.58 Å². The number of piperidine rings is 1. The zero-order valence-corrected chi connectivity index (χ0v) is 25.2. The third-order valence-corrected chi connectivity index (χ3v) is 8.07. The normalized spacial score (nSPS) is 28.5. The number of hydrogen-bond donors (Lipinski definition) is 4. The van der Waals surface area contributed by atoms with Gasteiger partial charge in [-0.25, -0.2) is 9.59 Å². The monoisotopic (exact) mass is 591 g/mol. The van der Waals surface area contributed by atoms with Gasteiger partial charge in [0.15, 0.2) is 0 Å². The molecule has 13 nitrogen and oxygen atoms in total. The number of carbonyl (C=O) groups is 6. The van der Waals surface area contributed by atoms with E-state index in [-0.39, 0.29) is 56.2 Å². The molecule has 0 aromatic carbocycles. The lowest BCUT2D eigenvalue weighted by Gasteiger charge is -2.34. The maximum absolute atomic E-state index is 13.9. The molecule has 3 fully saturated rings. The van der Waals surface area contributed by atoms with E-state index in [2.05, 4.69) is 27.8 Å². The third-order valence-electron chi connectivity index (χ3n) is 8.07. The van der Waals surface area contributed by atoms with Gasteiger partial charge in [0.2, 0.25) is 17.6 Å². The Labute approximate surface area is 246 Å². The van der Waals surface area contributed by atoms with E-state index in [0.717, 1.165) is 0 Å². The zero-order valence-electron chi connectivity index (χ0n) is 25.2. The highest BCUT2D eigenvalue weighted by molar-refractivity contribution is 6.38. The molecule has 3 rings (SSSR count). The lowest BCUT2D eigenvalue weighted by molar-refractivity contribution is -0.144.